The van der Waals surface area contributed by atoms with E-state index >= 15 is 0 Å². The smallest absolute Gasteiger partial charge is 0.349 e. The maximum Gasteiger partial charge on any atom is 0.349 e. The second kappa shape index (κ2) is 7.86. The molecule has 10 heteroatoms. The monoisotopic (exact) mass is 357 g/mol. The summed E-state index contributed by atoms with van der Waals surface area (Å²) in [7, 11) is 1.41. The third-order valence-electron chi connectivity index (χ3n) is 2.62. The first-order valence-electron chi connectivity index (χ1n) is 6.96. The molecule has 0 aliphatic heterocycles. The van der Waals surface area contributed by atoms with Crippen molar-refractivity contribution >= 4 is 34.1 Å². The molecule has 0 atom stereocenters. The van der Waals surface area contributed by atoms with E-state index in [4.69, 9.17) is 4.74 Å². The fraction of sp³-hybridized carbons (Fsp3) is 0.500. The predicted molar refractivity (Wildman–Crippen MR) is 86.8 cm³/mol. The lowest BCUT2D eigenvalue weighted by molar-refractivity contribution is -0.380. The Labute approximate surface area is 142 Å². The van der Waals surface area contributed by atoms with Crippen LogP contribution >= 0.6 is 11.3 Å². The Balaban J connectivity index is 2.48. The molecule has 0 aliphatic rings. The zero-order valence-electron chi connectivity index (χ0n) is 13.8. The highest BCUT2D eigenvalue weighted by Crippen LogP contribution is 2.24. The van der Waals surface area contributed by atoms with Crippen molar-refractivity contribution in [2.45, 2.75) is 26.3 Å². The van der Waals surface area contributed by atoms with Crippen molar-refractivity contribution in [1.82, 2.24) is 10.2 Å². The molecule has 1 heterocycles. The highest BCUT2D eigenvalue weighted by Gasteiger charge is 2.20. The molecule has 0 saturated heterocycles. The third kappa shape index (κ3) is 6.32. The molecule has 0 aromatic carbocycles. The number of nitro groups is 1. The molecule has 9 nitrogen and oxygen atoms in total. The molecule has 1 aromatic rings. The van der Waals surface area contributed by atoms with E-state index in [0.29, 0.717) is 11.3 Å². The van der Waals surface area contributed by atoms with E-state index in [1.54, 1.807) is 0 Å². The molecular formula is C14H19N3O6S. The van der Waals surface area contributed by atoms with Gasteiger partial charge < -0.3 is 15.0 Å². The third-order valence-corrected chi connectivity index (χ3v) is 3.64. The number of nitrogens with zero attached hydrogens (tertiary/aromatic N) is 2. The van der Waals surface area contributed by atoms with E-state index in [1.165, 1.54) is 19.2 Å². The number of nitrogens with one attached hydrogen (secondary N) is 1. The zero-order chi connectivity index (χ0) is 18.5. The van der Waals surface area contributed by atoms with E-state index in [2.05, 4.69) is 5.32 Å². The van der Waals surface area contributed by atoms with Gasteiger partial charge in [-0.3, -0.25) is 19.7 Å². The second-order valence-corrected chi connectivity index (χ2v) is 7.08. The predicted octanol–water partition coefficient (Wildman–Crippen LogP) is 1.19. The minimum absolute atomic E-state index is 0.0302. The zero-order valence-corrected chi connectivity index (χ0v) is 14.6. The molecule has 24 heavy (non-hydrogen) atoms. The average Bonchev–Trinajstić information content (AvgIpc) is 2.92. The Morgan fingerprint density at radius 2 is 1.96 bits per heavy atom. The summed E-state index contributed by atoms with van der Waals surface area (Å²) in [5, 5.41) is 13.1. The fourth-order valence-electron chi connectivity index (χ4n) is 1.61. The van der Waals surface area contributed by atoms with Gasteiger partial charge in [-0.1, -0.05) is 11.3 Å². The van der Waals surface area contributed by atoms with Gasteiger partial charge in [-0.15, -0.1) is 0 Å². The van der Waals surface area contributed by atoms with Gasteiger partial charge in [0.25, 0.3) is 5.91 Å². The van der Waals surface area contributed by atoms with E-state index in [9.17, 15) is 24.5 Å². The molecule has 1 N–H and O–H groups in total. The summed E-state index contributed by atoms with van der Waals surface area (Å²) in [6.45, 7) is 4.72. The highest BCUT2D eigenvalue weighted by atomic mass is 32.1. The van der Waals surface area contributed by atoms with Crippen molar-refractivity contribution in [3.63, 3.8) is 0 Å². The van der Waals surface area contributed by atoms with Crippen molar-refractivity contribution in [3.05, 3.63) is 27.1 Å². The first-order chi connectivity index (χ1) is 11.0. The Bertz CT molecular complexity index is 649. The normalized spacial score (nSPS) is 10.8. The number of amides is 2. The molecule has 1 rings (SSSR count). The molecule has 0 unspecified atom stereocenters. The van der Waals surface area contributed by atoms with E-state index in [-0.39, 0.29) is 22.3 Å². The van der Waals surface area contributed by atoms with E-state index in [1.807, 2.05) is 20.8 Å². The van der Waals surface area contributed by atoms with Gasteiger partial charge in [0, 0.05) is 18.7 Å². The standard InChI is InChI=1S/C14H19N3O6S/c1-14(2,3)15-10(18)7-16(4)11(19)8-23-13(20)9-5-6-12(24-9)17(21)22/h5-6H,7-8H2,1-4H3,(H,15,18). The summed E-state index contributed by atoms with van der Waals surface area (Å²) in [6, 6.07) is 2.45. The van der Waals surface area contributed by atoms with Gasteiger partial charge in [-0.25, -0.2) is 4.79 Å². The van der Waals surface area contributed by atoms with Crippen LogP contribution < -0.4 is 5.32 Å². The Kier molecular flexibility index (Phi) is 6.41. The van der Waals surface area contributed by atoms with E-state index in [0.717, 1.165) is 4.90 Å². The van der Waals surface area contributed by atoms with Crippen LogP contribution in [0, 0.1) is 10.1 Å². The summed E-state index contributed by atoms with van der Waals surface area (Å²) >= 11 is 0.664. The maximum atomic E-state index is 11.9. The number of esters is 1. The van der Waals surface area contributed by atoms with Crippen LogP contribution in [0.25, 0.3) is 0 Å². The minimum atomic E-state index is -0.825. The largest absolute Gasteiger partial charge is 0.451 e. The second-order valence-electron chi connectivity index (χ2n) is 6.02. The van der Waals surface area contributed by atoms with Crippen LogP contribution in [0.2, 0.25) is 0 Å². The first-order valence-corrected chi connectivity index (χ1v) is 7.77. The van der Waals surface area contributed by atoms with Gasteiger partial charge in [0.2, 0.25) is 5.91 Å². The maximum absolute atomic E-state index is 11.9. The molecule has 0 radical (unpaired) electrons. The summed E-state index contributed by atoms with van der Waals surface area (Å²) in [5.74, 6) is -1.72. The van der Waals surface area contributed by atoms with Crippen molar-refractivity contribution in [1.29, 1.82) is 0 Å². The molecule has 132 valence electrons. The molecule has 2 amide bonds. The van der Waals surface area contributed by atoms with Gasteiger partial charge >= 0.3 is 11.0 Å². The number of hydrogen-bond acceptors (Lipinski definition) is 7. The van der Waals surface area contributed by atoms with E-state index < -0.39 is 28.9 Å². The summed E-state index contributed by atoms with van der Waals surface area (Å²) in [4.78, 5) is 46.4. The molecular weight excluding hydrogens is 338 g/mol. The van der Waals surface area contributed by atoms with Crippen molar-refractivity contribution in [2.75, 3.05) is 20.2 Å². The summed E-state index contributed by atoms with van der Waals surface area (Å²) < 4.78 is 4.81. The fourth-order valence-corrected chi connectivity index (χ4v) is 2.32. The summed E-state index contributed by atoms with van der Waals surface area (Å²) in [5.41, 5.74) is -0.415. The van der Waals surface area contributed by atoms with Gasteiger partial charge in [-0.05, 0) is 26.8 Å². The van der Waals surface area contributed by atoms with Crippen LogP contribution in [0.1, 0.15) is 30.4 Å². The molecule has 0 aliphatic carbocycles. The molecule has 0 bridgehead atoms. The lowest BCUT2D eigenvalue weighted by Gasteiger charge is -2.23. The number of thiophene rings is 1. The lowest BCUT2D eigenvalue weighted by Crippen LogP contribution is -2.46. The number of hydrogen-bond donors (Lipinski definition) is 1. The lowest BCUT2D eigenvalue weighted by atomic mass is 10.1. The van der Waals surface area contributed by atoms with Crippen LogP contribution in [0.4, 0.5) is 5.00 Å². The highest BCUT2D eigenvalue weighted by molar-refractivity contribution is 7.17. The minimum Gasteiger partial charge on any atom is -0.451 e. The first kappa shape index (κ1) is 19.6. The number of carbonyl (C=O) groups is 3. The van der Waals surface area contributed by atoms with Crippen molar-refractivity contribution in [2.24, 2.45) is 0 Å². The van der Waals surface area contributed by atoms with Crippen LogP contribution in [0.15, 0.2) is 12.1 Å². The van der Waals surface area contributed by atoms with Gasteiger partial charge in [0.1, 0.15) is 4.88 Å². The van der Waals surface area contributed by atoms with Gasteiger partial charge in [-0.2, -0.15) is 0 Å². The van der Waals surface area contributed by atoms with Crippen molar-refractivity contribution in [3.8, 4) is 0 Å². The molecule has 0 fully saturated rings. The topological polar surface area (TPSA) is 119 Å². The number of carbonyl (C=O) groups excluding carboxylic acids is 3. The quantitative estimate of drug-likeness (QED) is 0.464. The number of rotatable bonds is 6. The average molecular weight is 357 g/mol. The molecule has 0 saturated carbocycles. The molecule has 1 aromatic heterocycles. The summed E-state index contributed by atoms with van der Waals surface area (Å²) in [6.07, 6.45) is 0. The Morgan fingerprint density at radius 3 is 2.46 bits per heavy atom. The SMILES string of the molecule is CN(CC(=O)NC(C)(C)C)C(=O)COC(=O)c1ccc([N+](=O)[O-])s1. The van der Waals surface area contributed by atoms with Gasteiger partial charge in [0.15, 0.2) is 6.61 Å². The number of ether oxygens (including phenoxy) is 1. The van der Waals surface area contributed by atoms with Crippen LogP contribution in [0.5, 0.6) is 0 Å². The van der Waals surface area contributed by atoms with Crippen LogP contribution in [0.3, 0.4) is 0 Å². The van der Waals surface area contributed by atoms with Crippen LogP contribution in [-0.4, -0.2) is 53.3 Å². The Hall–Kier alpha value is -2.49. The Morgan fingerprint density at radius 1 is 1.33 bits per heavy atom. The van der Waals surface area contributed by atoms with Gasteiger partial charge in [0.05, 0.1) is 11.5 Å². The van der Waals surface area contributed by atoms with Crippen molar-refractivity contribution < 1.29 is 24.0 Å². The van der Waals surface area contributed by atoms with Crippen LogP contribution in [-0.2, 0) is 14.3 Å². The molecule has 0 spiro atoms. The number of likely N-dealkylation sites (N-methyl/N-ethyl adjacent to an activating group) is 1.